The number of nitrogens with one attached hydrogen (secondary N) is 2. The zero-order valence-electron chi connectivity index (χ0n) is 12.2. The van der Waals surface area contributed by atoms with Crippen molar-refractivity contribution in [2.45, 2.75) is 0 Å². The molecule has 0 saturated heterocycles. The summed E-state index contributed by atoms with van der Waals surface area (Å²) < 4.78 is 0. The van der Waals surface area contributed by atoms with Crippen LogP contribution in [-0.4, -0.2) is 10.9 Å². The molecule has 0 aliphatic carbocycles. The molecule has 5 heteroatoms. The van der Waals surface area contributed by atoms with Gasteiger partial charge in [0.2, 0.25) is 0 Å². The highest BCUT2D eigenvalue weighted by atomic mass is 16.1. The van der Waals surface area contributed by atoms with Gasteiger partial charge in [-0.2, -0.15) is 5.26 Å². The van der Waals surface area contributed by atoms with Gasteiger partial charge in [0.05, 0.1) is 0 Å². The number of rotatable bonds is 3. The first kappa shape index (κ1) is 14.4. The van der Waals surface area contributed by atoms with Crippen molar-refractivity contribution in [1.82, 2.24) is 4.98 Å². The number of aromatic amines is 1. The molecule has 0 bridgehead atoms. The van der Waals surface area contributed by atoms with Crippen molar-refractivity contribution < 1.29 is 4.79 Å². The maximum atomic E-state index is 12.2. The third-order valence-electron chi connectivity index (χ3n) is 3.43. The van der Waals surface area contributed by atoms with Crippen molar-refractivity contribution in [1.29, 1.82) is 5.26 Å². The van der Waals surface area contributed by atoms with Crippen LogP contribution < -0.4 is 11.1 Å². The number of para-hydroxylation sites is 1. The average molecular weight is 302 g/mol. The van der Waals surface area contributed by atoms with E-state index >= 15 is 0 Å². The SMILES string of the molecule is N#CC(=Cc1c[nH]c2ccc(N)cc12)C(=O)Nc1ccccc1. The number of hydrogen-bond donors (Lipinski definition) is 3. The number of nitrogens with zero attached hydrogens (tertiary/aromatic N) is 1. The normalized spacial score (nSPS) is 11.2. The van der Waals surface area contributed by atoms with Gasteiger partial charge in [-0.1, -0.05) is 18.2 Å². The van der Waals surface area contributed by atoms with E-state index in [1.807, 2.05) is 36.4 Å². The summed E-state index contributed by atoms with van der Waals surface area (Å²) in [7, 11) is 0. The molecule has 0 unspecified atom stereocenters. The molecule has 23 heavy (non-hydrogen) atoms. The fourth-order valence-electron chi connectivity index (χ4n) is 2.30. The van der Waals surface area contributed by atoms with Crippen LogP contribution >= 0.6 is 0 Å². The van der Waals surface area contributed by atoms with Crippen LogP contribution in [0.4, 0.5) is 11.4 Å². The Bertz CT molecular complexity index is 933. The maximum Gasteiger partial charge on any atom is 0.266 e. The Morgan fingerprint density at radius 3 is 2.74 bits per heavy atom. The second-order valence-electron chi connectivity index (χ2n) is 5.04. The summed E-state index contributed by atoms with van der Waals surface area (Å²) in [6.45, 7) is 0. The van der Waals surface area contributed by atoms with E-state index in [2.05, 4.69) is 10.3 Å². The van der Waals surface area contributed by atoms with Gasteiger partial charge in [-0.3, -0.25) is 4.79 Å². The minimum atomic E-state index is -0.447. The molecule has 1 amide bonds. The van der Waals surface area contributed by atoms with E-state index in [0.717, 1.165) is 16.5 Å². The van der Waals surface area contributed by atoms with E-state index in [9.17, 15) is 10.1 Å². The smallest absolute Gasteiger partial charge is 0.266 e. The van der Waals surface area contributed by atoms with Crippen molar-refractivity contribution in [3.8, 4) is 6.07 Å². The molecule has 112 valence electrons. The van der Waals surface area contributed by atoms with Gasteiger partial charge in [0.25, 0.3) is 5.91 Å². The predicted octanol–water partition coefficient (Wildman–Crippen LogP) is 3.30. The molecule has 0 radical (unpaired) electrons. The summed E-state index contributed by atoms with van der Waals surface area (Å²) in [5.41, 5.74) is 8.73. The molecule has 1 heterocycles. The Morgan fingerprint density at radius 1 is 1.22 bits per heavy atom. The molecule has 0 spiro atoms. The number of fused-ring (bicyclic) bond motifs is 1. The van der Waals surface area contributed by atoms with Gasteiger partial charge < -0.3 is 16.0 Å². The number of hydrogen-bond acceptors (Lipinski definition) is 3. The quantitative estimate of drug-likeness (QED) is 0.393. The Morgan fingerprint density at radius 2 is 2.00 bits per heavy atom. The number of nitrogen functional groups attached to an aromatic ring is 1. The number of aromatic nitrogens is 1. The molecular weight excluding hydrogens is 288 g/mol. The van der Waals surface area contributed by atoms with Gasteiger partial charge in [0.1, 0.15) is 11.6 Å². The first-order valence-corrected chi connectivity index (χ1v) is 7.02. The van der Waals surface area contributed by atoms with Crippen LogP contribution in [-0.2, 0) is 4.79 Å². The van der Waals surface area contributed by atoms with Gasteiger partial charge in [-0.25, -0.2) is 0 Å². The van der Waals surface area contributed by atoms with Crippen LogP contribution in [0.5, 0.6) is 0 Å². The number of benzene rings is 2. The number of H-pyrrole nitrogens is 1. The minimum Gasteiger partial charge on any atom is -0.399 e. The van der Waals surface area contributed by atoms with Crippen molar-refractivity contribution in [2.75, 3.05) is 11.1 Å². The van der Waals surface area contributed by atoms with Gasteiger partial charge in [-0.15, -0.1) is 0 Å². The maximum absolute atomic E-state index is 12.2. The highest BCUT2D eigenvalue weighted by Gasteiger charge is 2.11. The lowest BCUT2D eigenvalue weighted by molar-refractivity contribution is -0.112. The lowest BCUT2D eigenvalue weighted by Crippen LogP contribution is -2.13. The van der Waals surface area contributed by atoms with Crippen LogP contribution in [0.15, 0.2) is 60.3 Å². The van der Waals surface area contributed by atoms with Crippen LogP contribution in [0.25, 0.3) is 17.0 Å². The van der Waals surface area contributed by atoms with E-state index < -0.39 is 5.91 Å². The molecule has 1 aromatic heterocycles. The number of nitriles is 1. The summed E-state index contributed by atoms with van der Waals surface area (Å²) >= 11 is 0. The number of carbonyl (C=O) groups is 1. The number of nitrogens with two attached hydrogens (primary N) is 1. The fraction of sp³-hybridized carbons (Fsp3) is 0. The van der Waals surface area contributed by atoms with Crippen LogP contribution in [0.1, 0.15) is 5.56 Å². The van der Waals surface area contributed by atoms with E-state index in [-0.39, 0.29) is 5.57 Å². The van der Waals surface area contributed by atoms with E-state index in [1.165, 1.54) is 0 Å². The van der Waals surface area contributed by atoms with Crippen LogP contribution in [0.2, 0.25) is 0 Å². The molecule has 3 rings (SSSR count). The monoisotopic (exact) mass is 302 g/mol. The number of amides is 1. The van der Waals surface area contributed by atoms with E-state index in [4.69, 9.17) is 5.73 Å². The zero-order valence-corrected chi connectivity index (χ0v) is 12.2. The summed E-state index contributed by atoms with van der Waals surface area (Å²) in [4.78, 5) is 15.3. The Balaban J connectivity index is 1.93. The van der Waals surface area contributed by atoms with Gasteiger partial charge >= 0.3 is 0 Å². The molecular formula is C18H14N4O. The second-order valence-corrected chi connectivity index (χ2v) is 5.04. The lowest BCUT2D eigenvalue weighted by atomic mass is 10.1. The molecule has 0 aliphatic heterocycles. The third kappa shape index (κ3) is 3.06. The highest BCUT2D eigenvalue weighted by Crippen LogP contribution is 2.23. The standard InChI is InChI=1S/C18H14N4O/c19-10-12(18(23)22-15-4-2-1-3-5-15)8-13-11-21-17-7-6-14(20)9-16(13)17/h1-9,11,21H,20H2,(H,22,23). The van der Waals surface area contributed by atoms with Gasteiger partial charge in [0.15, 0.2) is 0 Å². The molecule has 0 aliphatic rings. The first-order valence-electron chi connectivity index (χ1n) is 7.02. The summed E-state index contributed by atoms with van der Waals surface area (Å²) in [6.07, 6.45) is 3.30. The molecule has 3 aromatic rings. The van der Waals surface area contributed by atoms with Crippen molar-refractivity contribution in [3.63, 3.8) is 0 Å². The Labute approximate surface area is 133 Å². The summed E-state index contributed by atoms with van der Waals surface area (Å²) in [5, 5.41) is 12.9. The number of anilines is 2. The van der Waals surface area contributed by atoms with Crippen LogP contribution in [0.3, 0.4) is 0 Å². The molecule has 0 fully saturated rings. The Hall–Kier alpha value is -3.52. The van der Waals surface area contributed by atoms with Crippen molar-refractivity contribution in [2.24, 2.45) is 0 Å². The number of carbonyl (C=O) groups excluding carboxylic acids is 1. The molecule has 5 nitrogen and oxygen atoms in total. The largest absolute Gasteiger partial charge is 0.399 e. The highest BCUT2D eigenvalue weighted by molar-refractivity contribution is 6.10. The van der Waals surface area contributed by atoms with E-state index in [1.54, 1.807) is 30.5 Å². The molecule has 4 N–H and O–H groups in total. The molecule has 2 aromatic carbocycles. The minimum absolute atomic E-state index is 0.0252. The average Bonchev–Trinajstić information content (AvgIpc) is 2.95. The van der Waals surface area contributed by atoms with Gasteiger partial charge in [0, 0.05) is 34.0 Å². The predicted molar refractivity (Wildman–Crippen MR) is 91.4 cm³/mol. The molecule has 0 saturated carbocycles. The van der Waals surface area contributed by atoms with E-state index in [0.29, 0.717) is 11.4 Å². The lowest BCUT2D eigenvalue weighted by Gasteiger charge is -2.03. The summed E-state index contributed by atoms with van der Waals surface area (Å²) in [5.74, 6) is -0.447. The van der Waals surface area contributed by atoms with Crippen molar-refractivity contribution in [3.05, 3.63) is 65.9 Å². The Kier molecular flexibility index (Phi) is 3.81. The first-order chi connectivity index (χ1) is 11.2. The zero-order chi connectivity index (χ0) is 16.2. The topological polar surface area (TPSA) is 94.7 Å². The van der Waals surface area contributed by atoms with Crippen LogP contribution in [0, 0.1) is 11.3 Å². The molecule has 0 atom stereocenters. The summed E-state index contributed by atoms with van der Waals surface area (Å²) in [6, 6.07) is 16.4. The second kappa shape index (κ2) is 6.08. The van der Waals surface area contributed by atoms with Gasteiger partial charge in [-0.05, 0) is 36.4 Å². The fourth-order valence-corrected chi connectivity index (χ4v) is 2.30. The van der Waals surface area contributed by atoms with Crippen molar-refractivity contribution >= 4 is 34.3 Å². The third-order valence-corrected chi connectivity index (χ3v) is 3.43.